The SMILES string of the molecule is O=C1CCN(c2cnn3ccc(CN4CCN(CC5CCC(O)CC5)CC4)cc23)C(=O)N1. The standard InChI is InChI=1S/C23H32N6O3/c30-19-3-1-17(2-4-19)15-26-9-11-27(12-10-26)16-18-5-8-29-20(13-18)21(14-24-29)28-7-6-22(31)25-23(28)32/h5,8,13-14,17,19,30H,1-4,6-7,9-12,15-16H2,(H,25,31,32). The van der Waals surface area contributed by atoms with Crippen molar-refractivity contribution in [2.75, 3.05) is 44.2 Å². The Morgan fingerprint density at radius 3 is 2.53 bits per heavy atom. The molecule has 172 valence electrons. The second-order valence-corrected chi connectivity index (χ2v) is 9.40. The summed E-state index contributed by atoms with van der Waals surface area (Å²) in [5, 5.41) is 16.5. The molecule has 4 heterocycles. The first-order chi connectivity index (χ1) is 15.5. The van der Waals surface area contributed by atoms with Crippen LogP contribution in [-0.4, -0.2) is 81.8 Å². The number of pyridine rings is 1. The van der Waals surface area contributed by atoms with Crippen molar-refractivity contribution in [3.05, 3.63) is 30.1 Å². The molecule has 2 saturated heterocycles. The van der Waals surface area contributed by atoms with Crippen molar-refractivity contribution in [3.8, 4) is 0 Å². The van der Waals surface area contributed by atoms with Crippen LogP contribution >= 0.6 is 0 Å². The zero-order valence-corrected chi connectivity index (χ0v) is 18.4. The lowest BCUT2D eigenvalue weighted by Gasteiger charge is -2.37. The van der Waals surface area contributed by atoms with Gasteiger partial charge in [0.2, 0.25) is 5.91 Å². The van der Waals surface area contributed by atoms with E-state index >= 15 is 0 Å². The molecule has 3 fully saturated rings. The summed E-state index contributed by atoms with van der Waals surface area (Å²) in [6.45, 7) is 6.66. The van der Waals surface area contributed by atoms with E-state index in [2.05, 4.69) is 32.3 Å². The zero-order chi connectivity index (χ0) is 22.1. The lowest BCUT2D eigenvalue weighted by atomic mass is 9.87. The number of hydrogen-bond donors (Lipinski definition) is 2. The Bertz CT molecular complexity index is 975. The molecule has 1 aliphatic carbocycles. The van der Waals surface area contributed by atoms with E-state index in [0.29, 0.717) is 13.0 Å². The van der Waals surface area contributed by atoms with Gasteiger partial charge in [-0.2, -0.15) is 5.10 Å². The van der Waals surface area contributed by atoms with Crippen molar-refractivity contribution in [1.29, 1.82) is 0 Å². The van der Waals surface area contributed by atoms with Crippen LogP contribution < -0.4 is 10.2 Å². The van der Waals surface area contributed by atoms with Crippen LogP contribution in [0.3, 0.4) is 0 Å². The van der Waals surface area contributed by atoms with Gasteiger partial charge in [-0.05, 0) is 49.3 Å². The Morgan fingerprint density at radius 2 is 1.78 bits per heavy atom. The number of amides is 3. The largest absolute Gasteiger partial charge is 0.393 e. The van der Waals surface area contributed by atoms with Crippen molar-refractivity contribution in [2.24, 2.45) is 5.92 Å². The number of aromatic nitrogens is 2. The predicted octanol–water partition coefficient (Wildman–Crippen LogP) is 1.45. The van der Waals surface area contributed by atoms with Crippen molar-refractivity contribution in [3.63, 3.8) is 0 Å². The van der Waals surface area contributed by atoms with Crippen LogP contribution in [0.25, 0.3) is 5.52 Å². The van der Waals surface area contributed by atoms with Gasteiger partial charge in [-0.15, -0.1) is 0 Å². The predicted molar refractivity (Wildman–Crippen MR) is 120 cm³/mol. The first-order valence-electron chi connectivity index (χ1n) is 11.8. The van der Waals surface area contributed by atoms with E-state index < -0.39 is 0 Å². The summed E-state index contributed by atoms with van der Waals surface area (Å²) in [6.07, 6.45) is 8.07. The third kappa shape index (κ3) is 4.65. The number of aliphatic hydroxyl groups excluding tert-OH is 1. The number of nitrogens with zero attached hydrogens (tertiary/aromatic N) is 5. The summed E-state index contributed by atoms with van der Waals surface area (Å²) in [5.41, 5.74) is 2.81. The first-order valence-corrected chi connectivity index (χ1v) is 11.8. The molecule has 0 unspecified atom stereocenters. The Morgan fingerprint density at radius 1 is 1.03 bits per heavy atom. The lowest BCUT2D eigenvalue weighted by Crippen LogP contribution is -2.49. The highest BCUT2D eigenvalue weighted by Gasteiger charge is 2.27. The number of rotatable bonds is 5. The molecule has 2 N–H and O–H groups in total. The van der Waals surface area contributed by atoms with Crippen LogP contribution in [-0.2, 0) is 11.3 Å². The number of fused-ring (bicyclic) bond motifs is 1. The van der Waals surface area contributed by atoms with Crippen LogP contribution in [0.5, 0.6) is 0 Å². The van der Waals surface area contributed by atoms with Crippen molar-refractivity contribution in [2.45, 2.75) is 44.8 Å². The third-order valence-electron chi connectivity index (χ3n) is 7.11. The van der Waals surface area contributed by atoms with E-state index in [-0.39, 0.29) is 18.0 Å². The van der Waals surface area contributed by atoms with Crippen molar-refractivity contribution >= 4 is 23.1 Å². The Kier molecular flexibility index (Phi) is 6.12. The molecule has 2 aromatic heterocycles. The Balaban J connectivity index is 1.19. The van der Waals surface area contributed by atoms with Gasteiger partial charge in [0.15, 0.2) is 0 Å². The topological polar surface area (TPSA) is 93.4 Å². The molecule has 2 aliphatic heterocycles. The molecule has 0 atom stereocenters. The van der Waals surface area contributed by atoms with Crippen LogP contribution in [0, 0.1) is 5.92 Å². The maximum absolute atomic E-state index is 12.3. The molecule has 3 aliphatic rings. The Labute approximate surface area is 188 Å². The third-order valence-corrected chi connectivity index (χ3v) is 7.11. The molecule has 3 amide bonds. The number of anilines is 1. The summed E-state index contributed by atoms with van der Waals surface area (Å²) in [4.78, 5) is 30.4. The second kappa shape index (κ2) is 9.17. The molecule has 5 rings (SSSR count). The number of hydrogen-bond acceptors (Lipinski definition) is 6. The molecule has 0 aromatic carbocycles. The van der Waals surface area contributed by atoms with Crippen molar-refractivity contribution < 1.29 is 14.7 Å². The average Bonchev–Trinajstić information content (AvgIpc) is 3.20. The maximum atomic E-state index is 12.3. The average molecular weight is 441 g/mol. The van der Waals surface area contributed by atoms with Gasteiger partial charge < -0.3 is 10.0 Å². The van der Waals surface area contributed by atoms with Gasteiger partial charge in [0.1, 0.15) is 0 Å². The van der Waals surface area contributed by atoms with Gasteiger partial charge in [-0.25, -0.2) is 9.31 Å². The number of urea groups is 1. The minimum absolute atomic E-state index is 0.0801. The fraction of sp³-hybridized carbons (Fsp3) is 0.609. The van der Waals surface area contributed by atoms with Crippen molar-refractivity contribution in [1.82, 2.24) is 24.7 Å². The van der Waals surface area contributed by atoms with E-state index in [0.717, 1.165) is 82.1 Å². The first kappa shape index (κ1) is 21.4. The number of aliphatic hydroxyl groups is 1. The minimum Gasteiger partial charge on any atom is -0.393 e. The van der Waals surface area contributed by atoms with Gasteiger partial charge in [-0.1, -0.05) is 0 Å². The van der Waals surface area contributed by atoms with Gasteiger partial charge >= 0.3 is 6.03 Å². The molecular formula is C23H32N6O3. The highest BCUT2D eigenvalue weighted by atomic mass is 16.3. The van der Waals surface area contributed by atoms with E-state index in [4.69, 9.17) is 0 Å². The highest BCUT2D eigenvalue weighted by Crippen LogP contribution is 2.26. The second-order valence-electron chi connectivity index (χ2n) is 9.40. The van der Waals surface area contributed by atoms with Gasteiger partial charge in [0.05, 0.1) is 23.5 Å². The van der Waals surface area contributed by atoms with Gasteiger partial charge in [0.25, 0.3) is 0 Å². The summed E-state index contributed by atoms with van der Waals surface area (Å²) in [5.74, 6) is 0.499. The molecule has 0 radical (unpaired) electrons. The normalized spacial score (nSPS) is 26.0. The molecule has 1 saturated carbocycles. The van der Waals surface area contributed by atoms with Crippen LogP contribution in [0.1, 0.15) is 37.7 Å². The summed E-state index contributed by atoms with van der Waals surface area (Å²) >= 11 is 0. The summed E-state index contributed by atoms with van der Waals surface area (Å²) < 4.78 is 1.78. The van der Waals surface area contributed by atoms with Gasteiger partial charge in [-0.3, -0.25) is 19.9 Å². The van der Waals surface area contributed by atoms with E-state index in [1.165, 1.54) is 5.56 Å². The quantitative estimate of drug-likeness (QED) is 0.731. The molecule has 9 nitrogen and oxygen atoms in total. The fourth-order valence-electron chi connectivity index (χ4n) is 5.19. The van der Waals surface area contributed by atoms with Crippen LogP contribution in [0.15, 0.2) is 24.5 Å². The minimum atomic E-state index is -0.384. The summed E-state index contributed by atoms with van der Waals surface area (Å²) in [7, 11) is 0. The zero-order valence-electron chi connectivity index (χ0n) is 18.4. The number of carbonyl (C=O) groups is 2. The molecule has 0 spiro atoms. The number of imide groups is 1. The number of nitrogens with one attached hydrogen (secondary N) is 1. The highest BCUT2D eigenvalue weighted by molar-refractivity contribution is 6.07. The van der Waals surface area contributed by atoms with Crippen LogP contribution in [0.4, 0.5) is 10.5 Å². The number of piperazine rings is 1. The molecule has 32 heavy (non-hydrogen) atoms. The maximum Gasteiger partial charge on any atom is 0.328 e. The smallest absolute Gasteiger partial charge is 0.328 e. The lowest BCUT2D eigenvalue weighted by molar-refractivity contribution is -0.120. The molecule has 0 bridgehead atoms. The Hall–Kier alpha value is -2.49. The van der Waals surface area contributed by atoms with E-state index in [9.17, 15) is 14.7 Å². The number of carbonyl (C=O) groups excluding carboxylic acids is 2. The van der Waals surface area contributed by atoms with E-state index in [1.807, 2.05) is 6.20 Å². The fourth-order valence-corrected chi connectivity index (χ4v) is 5.19. The van der Waals surface area contributed by atoms with E-state index in [1.54, 1.807) is 15.6 Å². The monoisotopic (exact) mass is 440 g/mol. The van der Waals surface area contributed by atoms with Crippen LogP contribution in [0.2, 0.25) is 0 Å². The molecule has 2 aromatic rings. The van der Waals surface area contributed by atoms with Gasteiger partial charge in [0, 0.05) is 58.4 Å². The molecular weight excluding hydrogens is 408 g/mol. The molecule has 9 heteroatoms. The summed E-state index contributed by atoms with van der Waals surface area (Å²) in [6, 6.07) is 3.81.